The Morgan fingerprint density at radius 2 is 1.80 bits per heavy atom. The van der Waals surface area contributed by atoms with Crippen molar-refractivity contribution in [2.24, 2.45) is 0 Å². The topological polar surface area (TPSA) is 48.3 Å². The second-order valence-electron chi connectivity index (χ2n) is 6.94. The van der Waals surface area contributed by atoms with Gasteiger partial charge in [-0.15, -0.1) is 0 Å². The smallest absolute Gasteiger partial charge is 0.200 e. The average Bonchev–Trinajstić information content (AvgIpc) is 2.76. The third kappa shape index (κ3) is 3.87. The Hall–Kier alpha value is -3.73. The number of benzene rings is 3. The number of ketones is 1. The lowest BCUT2D eigenvalue weighted by Gasteiger charge is -2.15. The maximum Gasteiger partial charge on any atom is 0.200 e. The summed E-state index contributed by atoms with van der Waals surface area (Å²) in [6.45, 7) is 2.64. The number of rotatable bonds is 6. The zero-order valence-electron chi connectivity index (χ0n) is 16.5. The van der Waals surface area contributed by atoms with E-state index in [9.17, 15) is 14.0 Å². The van der Waals surface area contributed by atoms with Crippen molar-refractivity contribution in [3.05, 3.63) is 112 Å². The molecule has 4 nitrogen and oxygen atoms in total. The van der Waals surface area contributed by atoms with Crippen LogP contribution in [0.3, 0.4) is 0 Å². The molecule has 0 aliphatic rings. The first-order valence-corrected chi connectivity index (χ1v) is 9.71. The minimum atomic E-state index is -0.351. The monoisotopic (exact) mass is 401 g/mol. The lowest BCUT2D eigenvalue weighted by molar-refractivity contribution is 0.103. The molecule has 0 fully saturated rings. The lowest BCUT2D eigenvalue weighted by atomic mass is 10.0. The summed E-state index contributed by atoms with van der Waals surface area (Å²) in [7, 11) is 0. The summed E-state index contributed by atoms with van der Waals surface area (Å²) in [6, 6.07) is 20.2. The van der Waals surface area contributed by atoms with Gasteiger partial charge in [-0.3, -0.25) is 9.59 Å². The summed E-state index contributed by atoms with van der Waals surface area (Å²) < 4.78 is 21.0. The number of aromatic nitrogens is 1. The standard InChI is InChI=1S/C25H20FNO3/c1-2-30-20-11-12-23-21(14-20)25(29)22(24(28)18-8-4-3-5-9-18)16-27(23)15-17-7-6-10-19(26)13-17/h3-14,16H,2,15H2,1H3. The Labute approximate surface area is 173 Å². The average molecular weight is 401 g/mol. The Kier molecular flexibility index (Phi) is 5.44. The van der Waals surface area contributed by atoms with E-state index in [0.29, 0.717) is 35.4 Å². The van der Waals surface area contributed by atoms with E-state index in [4.69, 9.17) is 4.74 Å². The molecular weight excluding hydrogens is 381 g/mol. The second kappa shape index (κ2) is 8.33. The summed E-state index contributed by atoms with van der Waals surface area (Å²) in [5.74, 6) is -0.127. The number of nitrogens with zero attached hydrogens (tertiary/aromatic N) is 1. The summed E-state index contributed by atoms with van der Waals surface area (Å²) in [6.07, 6.45) is 1.56. The van der Waals surface area contributed by atoms with Crippen molar-refractivity contribution in [1.82, 2.24) is 4.57 Å². The third-order valence-electron chi connectivity index (χ3n) is 4.89. The van der Waals surface area contributed by atoms with E-state index in [-0.39, 0.29) is 22.6 Å². The highest BCUT2D eigenvalue weighted by atomic mass is 19.1. The second-order valence-corrected chi connectivity index (χ2v) is 6.94. The highest BCUT2D eigenvalue weighted by Crippen LogP contribution is 2.21. The molecule has 30 heavy (non-hydrogen) atoms. The summed E-state index contributed by atoms with van der Waals surface area (Å²) >= 11 is 0. The van der Waals surface area contributed by atoms with Gasteiger partial charge in [0, 0.05) is 18.3 Å². The van der Waals surface area contributed by atoms with Gasteiger partial charge in [-0.2, -0.15) is 0 Å². The predicted molar refractivity (Wildman–Crippen MR) is 115 cm³/mol. The van der Waals surface area contributed by atoms with Gasteiger partial charge in [0.25, 0.3) is 0 Å². The van der Waals surface area contributed by atoms with Crippen molar-refractivity contribution in [1.29, 1.82) is 0 Å². The van der Waals surface area contributed by atoms with Crippen molar-refractivity contribution < 1.29 is 13.9 Å². The van der Waals surface area contributed by atoms with E-state index < -0.39 is 0 Å². The Balaban J connectivity index is 1.91. The molecule has 0 spiro atoms. The fraction of sp³-hybridized carbons (Fsp3) is 0.120. The van der Waals surface area contributed by atoms with E-state index >= 15 is 0 Å². The molecule has 4 aromatic rings. The molecule has 0 saturated carbocycles. The molecule has 1 heterocycles. The number of ether oxygens (including phenoxy) is 1. The van der Waals surface area contributed by atoms with Crippen LogP contribution in [0.4, 0.5) is 4.39 Å². The van der Waals surface area contributed by atoms with E-state index in [1.165, 1.54) is 12.1 Å². The highest BCUT2D eigenvalue weighted by molar-refractivity contribution is 6.10. The van der Waals surface area contributed by atoms with E-state index in [2.05, 4.69) is 0 Å². The van der Waals surface area contributed by atoms with Crippen LogP contribution < -0.4 is 10.2 Å². The quantitative estimate of drug-likeness (QED) is 0.435. The minimum absolute atomic E-state index is 0.0683. The van der Waals surface area contributed by atoms with Crippen LogP contribution in [0.15, 0.2) is 83.8 Å². The summed E-state index contributed by atoms with van der Waals surface area (Å²) in [5.41, 5.74) is 1.53. The molecule has 0 bridgehead atoms. The minimum Gasteiger partial charge on any atom is -0.494 e. The molecule has 0 atom stereocenters. The Morgan fingerprint density at radius 3 is 2.53 bits per heavy atom. The van der Waals surface area contributed by atoms with Crippen molar-refractivity contribution in [3.8, 4) is 5.75 Å². The number of pyridine rings is 1. The van der Waals surface area contributed by atoms with Gasteiger partial charge in [0.05, 0.1) is 23.1 Å². The van der Waals surface area contributed by atoms with Crippen LogP contribution in [0.25, 0.3) is 10.9 Å². The van der Waals surface area contributed by atoms with Gasteiger partial charge < -0.3 is 9.30 Å². The number of carbonyl (C=O) groups excluding carboxylic acids is 1. The molecule has 0 aliphatic heterocycles. The number of halogens is 1. The van der Waals surface area contributed by atoms with Crippen LogP contribution in [-0.2, 0) is 6.54 Å². The lowest BCUT2D eigenvalue weighted by Crippen LogP contribution is -2.20. The summed E-state index contributed by atoms with van der Waals surface area (Å²) in [5, 5.41) is 0.388. The van der Waals surface area contributed by atoms with Crippen LogP contribution in [-0.4, -0.2) is 17.0 Å². The fourth-order valence-corrected chi connectivity index (χ4v) is 3.50. The third-order valence-corrected chi connectivity index (χ3v) is 4.89. The molecule has 150 valence electrons. The molecule has 0 unspecified atom stereocenters. The molecule has 3 aromatic carbocycles. The van der Waals surface area contributed by atoms with Gasteiger partial charge >= 0.3 is 0 Å². The van der Waals surface area contributed by atoms with Crippen LogP contribution in [0, 0.1) is 5.82 Å². The van der Waals surface area contributed by atoms with Crippen LogP contribution in [0.5, 0.6) is 5.75 Å². The van der Waals surface area contributed by atoms with Crippen molar-refractivity contribution >= 4 is 16.7 Å². The number of hydrogen-bond donors (Lipinski definition) is 0. The highest BCUT2D eigenvalue weighted by Gasteiger charge is 2.18. The molecular formula is C25H20FNO3. The molecule has 4 rings (SSSR count). The van der Waals surface area contributed by atoms with Crippen LogP contribution in [0.2, 0.25) is 0 Å². The van der Waals surface area contributed by atoms with Gasteiger partial charge in [-0.1, -0.05) is 42.5 Å². The Bertz CT molecular complexity index is 1280. The molecule has 0 N–H and O–H groups in total. The maximum absolute atomic E-state index is 13.7. The first-order valence-electron chi connectivity index (χ1n) is 9.71. The molecule has 0 amide bonds. The van der Waals surface area contributed by atoms with E-state index in [0.717, 1.165) is 5.56 Å². The molecule has 0 aliphatic carbocycles. The van der Waals surface area contributed by atoms with Crippen molar-refractivity contribution in [2.45, 2.75) is 13.5 Å². The van der Waals surface area contributed by atoms with Gasteiger partial charge in [0.2, 0.25) is 5.43 Å². The number of carbonyl (C=O) groups is 1. The van der Waals surface area contributed by atoms with Gasteiger partial charge in [0.15, 0.2) is 5.78 Å². The molecule has 1 aromatic heterocycles. The molecule has 5 heteroatoms. The largest absolute Gasteiger partial charge is 0.494 e. The fourth-order valence-electron chi connectivity index (χ4n) is 3.50. The molecule has 0 radical (unpaired) electrons. The first-order chi connectivity index (χ1) is 14.6. The first kappa shape index (κ1) is 19.6. The van der Waals surface area contributed by atoms with Gasteiger partial charge in [-0.25, -0.2) is 4.39 Å². The van der Waals surface area contributed by atoms with Gasteiger partial charge in [-0.05, 0) is 42.8 Å². The zero-order chi connectivity index (χ0) is 21.1. The van der Waals surface area contributed by atoms with E-state index in [1.807, 2.05) is 13.0 Å². The van der Waals surface area contributed by atoms with Crippen molar-refractivity contribution in [3.63, 3.8) is 0 Å². The van der Waals surface area contributed by atoms with Crippen LogP contribution >= 0.6 is 0 Å². The van der Waals surface area contributed by atoms with Gasteiger partial charge in [0.1, 0.15) is 11.6 Å². The summed E-state index contributed by atoms with van der Waals surface area (Å²) in [4.78, 5) is 26.3. The van der Waals surface area contributed by atoms with Crippen LogP contribution in [0.1, 0.15) is 28.4 Å². The van der Waals surface area contributed by atoms with Crippen molar-refractivity contribution in [2.75, 3.05) is 6.61 Å². The predicted octanol–water partition coefficient (Wildman–Crippen LogP) is 4.82. The normalized spacial score (nSPS) is 10.9. The zero-order valence-corrected chi connectivity index (χ0v) is 16.5. The Morgan fingerprint density at radius 1 is 1.00 bits per heavy atom. The number of fused-ring (bicyclic) bond motifs is 1. The molecule has 0 saturated heterocycles. The number of hydrogen-bond acceptors (Lipinski definition) is 3. The van der Waals surface area contributed by atoms with E-state index in [1.54, 1.807) is 65.4 Å². The maximum atomic E-state index is 13.7. The SMILES string of the molecule is CCOc1ccc2c(c1)c(=O)c(C(=O)c1ccccc1)cn2Cc1cccc(F)c1.